The van der Waals surface area contributed by atoms with E-state index in [0.717, 1.165) is 16.9 Å². The highest BCUT2D eigenvalue weighted by Crippen LogP contribution is 2.45. The fourth-order valence-corrected chi connectivity index (χ4v) is 2.66. The van der Waals surface area contributed by atoms with Crippen LogP contribution in [0.2, 0.25) is 0 Å². The van der Waals surface area contributed by atoms with E-state index >= 15 is 0 Å². The first-order valence-corrected chi connectivity index (χ1v) is 6.79. The average molecular weight is 280 g/mol. The van der Waals surface area contributed by atoms with E-state index in [1.54, 1.807) is 7.11 Å². The van der Waals surface area contributed by atoms with E-state index in [1.807, 2.05) is 54.6 Å². The van der Waals surface area contributed by atoms with Gasteiger partial charge in [-0.1, -0.05) is 49.0 Å². The van der Waals surface area contributed by atoms with E-state index in [0.29, 0.717) is 5.57 Å². The molecule has 3 rings (SSSR count). The summed E-state index contributed by atoms with van der Waals surface area (Å²) in [6, 6.07) is 17.4. The molecule has 2 atom stereocenters. The molecule has 0 unspecified atom stereocenters. The van der Waals surface area contributed by atoms with Crippen LogP contribution in [0, 0.1) is 0 Å². The van der Waals surface area contributed by atoms with Crippen molar-refractivity contribution < 1.29 is 14.3 Å². The van der Waals surface area contributed by atoms with Crippen LogP contribution in [-0.2, 0) is 9.53 Å². The van der Waals surface area contributed by atoms with Crippen molar-refractivity contribution in [3.05, 3.63) is 77.9 Å². The van der Waals surface area contributed by atoms with Gasteiger partial charge in [-0.25, -0.2) is 4.79 Å². The summed E-state index contributed by atoms with van der Waals surface area (Å²) in [7, 11) is 1.62. The van der Waals surface area contributed by atoms with Gasteiger partial charge in [-0.2, -0.15) is 0 Å². The monoisotopic (exact) mass is 280 g/mol. The molecule has 0 amide bonds. The number of benzene rings is 2. The van der Waals surface area contributed by atoms with Crippen molar-refractivity contribution in [3.8, 4) is 5.75 Å². The van der Waals surface area contributed by atoms with E-state index < -0.39 is 0 Å². The van der Waals surface area contributed by atoms with E-state index in [9.17, 15) is 4.79 Å². The van der Waals surface area contributed by atoms with Crippen molar-refractivity contribution >= 4 is 5.97 Å². The molecule has 106 valence electrons. The SMILES string of the molecule is C=C1C(=O)O[C@@H](c2ccc(OC)cc2)[C@H]1c1ccccc1. The third-order valence-corrected chi connectivity index (χ3v) is 3.78. The van der Waals surface area contributed by atoms with Crippen LogP contribution in [0.1, 0.15) is 23.1 Å². The molecule has 0 aromatic heterocycles. The Morgan fingerprint density at radius 3 is 2.29 bits per heavy atom. The number of carbonyl (C=O) groups excluding carboxylic acids is 1. The molecule has 0 aliphatic carbocycles. The lowest BCUT2D eigenvalue weighted by Gasteiger charge is -2.18. The van der Waals surface area contributed by atoms with E-state index in [-0.39, 0.29) is 18.0 Å². The molecule has 0 spiro atoms. The smallest absolute Gasteiger partial charge is 0.334 e. The minimum atomic E-state index is -0.335. The van der Waals surface area contributed by atoms with Gasteiger partial charge in [-0.15, -0.1) is 0 Å². The van der Waals surface area contributed by atoms with Gasteiger partial charge in [0.1, 0.15) is 11.9 Å². The van der Waals surface area contributed by atoms with Gasteiger partial charge in [0.15, 0.2) is 0 Å². The average Bonchev–Trinajstić information content (AvgIpc) is 2.84. The molecule has 21 heavy (non-hydrogen) atoms. The summed E-state index contributed by atoms with van der Waals surface area (Å²) in [6.45, 7) is 3.90. The minimum absolute atomic E-state index is 0.146. The molecule has 2 aromatic rings. The van der Waals surface area contributed by atoms with Gasteiger partial charge in [0.25, 0.3) is 0 Å². The quantitative estimate of drug-likeness (QED) is 0.636. The fraction of sp³-hybridized carbons (Fsp3) is 0.167. The molecule has 3 nitrogen and oxygen atoms in total. The second kappa shape index (κ2) is 5.44. The highest BCUT2D eigenvalue weighted by Gasteiger charge is 2.40. The third kappa shape index (κ3) is 2.42. The Morgan fingerprint density at radius 1 is 1.00 bits per heavy atom. The maximum atomic E-state index is 11.9. The Labute approximate surface area is 123 Å². The van der Waals surface area contributed by atoms with Gasteiger partial charge < -0.3 is 9.47 Å². The van der Waals surface area contributed by atoms with Gasteiger partial charge in [-0.05, 0) is 23.3 Å². The first-order chi connectivity index (χ1) is 10.2. The zero-order valence-corrected chi connectivity index (χ0v) is 11.8. The molecular weight excluding hydrogens is 264 g/mol. The Hall–Kier alpha value is -2.55. The number of methoxy groups -OCH3 is 1. The number of cyclic esters (lactones) is 1. The molecule has 1 aliphatic heterocycles. The fourth-order valence-electron chi connectivity index (χ4n) is 2.66. The van der Waals surface area contributed by atoms with Crippen molar-refractivity contribution in [2.24, 2.45) is 0 Å². The first-order valence-electron chi connectivity index (χ1n) is 6.79. The molecule has 0 radical (unpaired) electrons. The van der Waals surface area contributed by atoms with Crippen LogP contribution in [0.25, 0.3) is 0 Å². The topological polar surface area (TPSA) is 35.5 Å². The molecule has 1 fully saturated rings. The van der Waals surface area contributed by atoms with E-state index in [4.69, 9.17) is 9.47 Å². The van der Waals surface area contributed by atoms with E-state index in [2.05, 4.69) is 6.58 Å². The number of ether oxygens (including phenoxy) is 2. The minimum Gasteiger partial charge on any atom is -0.497 e. The van der Waals surface area contributed by atoms with Crippen molar-refractivity contribution in [2.45, 2.75) is 12.0 Å². The van der Waals surface area contributed by atoms with Crippen LogP contribution in [0.5, 0.6) is 5.75 Å². The summed E-state index contributed by atoms with van der Waals surface area (Å²) in [4.78, 5) is 11.9. The normalized spacial score (nSPS) is 21.2. The second-order valence-corrected chi connectivity index (χ2v) is 5.01. The number of hydrogen-bond donors (Lipinski definition) is 0. The van der Waals surface area contributed by atoms with Crippen LogP contribution in [0.4, 0.5) is 0 Å². The molecule has 0 N–H and O–H groups in total. The van der Waals surface area contributed by atoms with Gasteiger partial charge in [0, 0.05) is 5.57 Å². The Kier molecular flexibility index (Phi) is 3.48. The standard InChI is InChI=1S/C18H16O3/c1-12-16(13-6-4-3-5-7-13)17(21-18(12)19)14-8-10-15(20-2)11-9-14/h3-11,16-17H,1H2,2H3/t16-,17+/m1/s1. The van der Waals surface area contributed by atoms with Crippen molar-refractivity contribution in [1.29, 1.82) is 0 Å². The van der Waals surface area contributed by atoms with Crippen molar-refractivity contribution in [3.63, 3.8) is 0 Å². The van der Waals surface area contributed by atoms with Gasteiger partial charge in [-0.3, -0.25) is 0 Å². The van der Waals surface area contributed by atoms with E-state index in [1.165, 1.54) is 0 Å². The molecule has 1 saturated heterocycles. The number of rotatable bonds is 3. The summed E-state index contributed by atoms with van der Waals surface area (Å²) in [5.74, 6) is 0.301. The maximum absolute atomic E-state index is 11.9. The largest absolute Gasteiger partial charge is 0.497 e. The predicted octanol–water partition coefficient (Wildman–Crippen LogP) is 3.63. The highest BCUT2D eigenvalue weighted by molar-refractivity contribution is 5.92. The summed E-state index contributed by atoms with van der Waals surface area (Å²) in [5.41, 5.74) is 2.48. The lowest BCUT2D eigenvalue weighted by molar-refractivity contribution is -0.139. The lowest BCUT2D eigenvalue weighted by Crippen LogP contribution is -2.07. The van der Waals surface area contributed by atoms with Gasteiger partial charge in [0.2, 0.25) is 0 Å². The molecular formula is C18H16O3. The zero-order valence-electron chi connectivity index (χ0n) is 11.8. The first kappa shape index (κ1) is 13.4. The summed E-state index contributed by atoms with van der Waals surface area (Å²) in [5, 5.41) is 0. The van der Waals surface area contributed by atoms with Crippen LogP contribution in [0.3, 0.4) is 0 Å². The summed E-state index contributed by atoms with van der Waals surface area (Å²) in [6.07, 6.45) is -0.335. The lowest BCUT2D eigenvalue weighted by atomic mass is 9.86. The van der Waals surface area contributed by atoms with Gasteiger partial charge in [0.05, 0.1) is 13.0 Å². The molecule has 1 heterocycles. The van der Waals surface area contributed by atoms with Crippen molar-refractivity contribution in [1.82, 2.24) is 0 Å². The molecule has 0 bridgehead atoms. The molecule has 3 heteroatoms. The predicted molar refractivity (Wildman–Crippen MR) is 80.2 cm³/mol. The van der Waals surface area contributed by atoms with Gasteiger partial charge >= 0.3 is 5.97 Å². The Balaban J connectivity index is 1.99. The maximum Gasteiger partial charge on any atom is 0.334 e. The van der Waals surface area contributed by atoms with Crippen LogP contribution >= 0.6 is 0 Å². The number of esters is 1. The van der Waals surface area contributed by atoms with Crippen molar-refractivity contribution in [2.75, 3.05) is 7.11 Å². The Bertz CT molecular complexity index is 659. The Morgan fingerprint density at radius 2 is 1.67 bits per heavy atom. The molecule has 2 aromatic carbocycles. The summed E-state index contributed by atoms with van der Waals surface area (Å²) < 4.78 is 10.7. The number of carbonyl (C=O) groups is 1. The van der Waals surface area contributed by atoms with Crippen LogP contribution < -0.4 is 4.74 Å². The third-order valence-electron chi connectivity index (χ3n) is 3.78. The molecule has 1 aliphatic rings. The zero-order chi connectivity index (χ0) is 14.8. The van der Waals surface area contributed by atoms with Crippen LogP contribution in [-0.4, -0.2) is 13.1 Å². The van der Waals surface area contributed by atoms with Crippen LogP contribution in [0.15, 0.2) is 66.7 Å². The second-order valence-electron chi connectivity index (χ2n) is 5.01. The highest BCUT2D eigenvalue weighted by atomic mass is 16.6. The molecule has 0 saturated carbocycles. The number of hydrogen-bond acceptors (Lipinski definition) is 3. The summed E-state index contributed by atoms with van der Waals surface area (Å²) >= 11 is 0.